The fraction of sp³-hybridized carbons (Fsp3) is 0.226. The van der Waals surface area contributed by atoms with Crippen LogP contribution >= 0.6 is 0 Å². The molecule has 0 aromatic heterocycles. The van der Waals surface area contributed by atoms with E-state index in [9.17, 15) is 0 Å². The SMILES string of the molecule is Cc1cc(C)cc(-c2ccccc2B2OC(c3ccccc3)(c3ccccc3)[C@@H]3CCCN23)c1. The van der Waals surface area contributed by atoms with Crippen molar-refractivity contribution < 1.29 is 4.65 Å². The van der Waals surface area contributed by atoms with Crippen LogP contribution in [-0.2, 0) is 10.3 Å². The first kappa shape index (κ1) is 21.4. The third-order valence-corrected chi connectivity index (χ3v) is 7.53. The van der Waals surface area contributed by atoms with Crippen LogP contribution in [0.4, 0.5) is 0 Å². The summed E-state index contributed by atoms with van der Waals surface area (Å²) in [5, 5.41) is 0. The van der Waals surface area contributed by atoms with Gasteiger partial charge in [-0.05, 0) is 61.0 Å². The number of nitrogens with zero attached hydrogens (tertiary/aromatic N) is 1. The quantitative estimate of drug-likeness (QED) is 0.353. The van der Waals surface area contributed by atoms with Crippen molar-refractivity contribution >= 4 is 12.5 Å². The van der Waals surface area contributed by atoms with Crippen molar-refractivity contribution in [1.29, 1.82) is 0 Å². The maximum Gasteiger partial charge on any atom is 0.420 e. The van der Waals surface area contributed by atoms with Gasteiger partial charge >= 0.3 is 7.05 Å². The van der Waals surface area contributed by atoms with Crippen molar-refractivity contribution in [1.82, 2.24) is 4.81 Å². The molecule has 2 aliphatic rings. The predicted molar refractivity (Wildman–Crippen MR) is 141 cm³/mol. The van der Waals surface area contributed by atoms with Gasteiger partial charge in [-0.1, -0.05) is 114 Å². The molecule has 0 saturated carbocycles. The topological polar surface area (TPSA) is 12.5 Å². The Bertz CT molecular complexity index is 1240. The Morgan fingerprint density at radius 1 is 0.765 bits per heavy atom. The van der Waals surface area contributed by atoms with E-state index >= 15 is 0 Å². The fourth-order valence-electron chi connectivity index (χ4n) is 6.24. The van der Waals surface area contributed by atoms with Crippen LogP contribution in [0.3, 0.4) is 0 Å². The minimum absolute atomic E-state index is 0.0927. The third kappa shape index (κ3) is 3.43. The molecule has 4 aromatic rings. The van der Waals surface area contributed by atoms with Gasteiger partial charge in [0, 0.05) is 6.04 Å². The molecule has 0 amide bonds. The van der Waals surface area contributed by atoms with Crippen molar-refractivity contribution in [2.24, 2.45) is 0 Å². The summed E-state index contributed by atoms with van der Waals surface area (Å²) in [5.74, 6) is 0. The second-order valence-corrected chi connectivity index (χ2v) is 9.80. The summed E-state index contributed by atoms with van der Waals surface area (Å²) < 4.78 is 7.32. The van der Waals surface area contributed by atoms with E-state index in [2.05, 4.69) is 122 Å². The zero-order valence-corrected chi connectivity index (χ0v) is 19.9. The van der Waals surface area contributed by atoms with Crippen molar-refractivity contribution in [2.45, 2.75) is 38.3 Å². The average Bonchev–Trinajstić information content (AvgIpc) is 3.47. The Labute approximate surface area is 203 Å². The highest BCUT2D eigenvalue weighted by Crippen LogP contribution is 2.49. The molecule has 0 bridgehead atoms. The molecule has 2 saturated heterocycles. The van der Waals surface area contributed by atoms with Crippen LogP contribution in [0.15, 0.2) is 103 Å². The molecule has 168 valence electrons. The Morgan fingerprint density at radius 2 is 1.35 bits per heavy atom. The van der Waals surface area contributed by atoms with Gasteiger partial charge in [-0.25, -0.2) is 0 Å². The van der Waals surface area contributed by atoms with Crippen LogP contribution in [0.2, 0.25) is 0 Å². The van der Waals surface area contributed by atoms with E-state index in [1.165, 1.54) is 45.3 Å². The fourth-order valence-corrected chi connectivity index (χ4v) is 6.24. The van der Waals surface area contributed by atoms with Gasteiger partial charge in [0.1, 0.15) is 5.60 Å². The van der Waals surface area contributed by atoms with E-state index in [-0.39, 0.29) is 7.05 Å². The molecule has 1 atom stereocenters. The second-order valence-electron chi connectivity index (χ2n) is 9.80. The molecular formula is C31H30BNO. The lowest BCUT2D eigenvalue weighted by atomic mass is 9.68. The summed E-state index contributed by atoms with van der Waals surface area (Å²) in [6.45, 7) is 5.41. The van der Waals surface area contributed by atoms with Crippen molar-refractivity contribution in [3.63, 3.8) is 0 Å². The number of aryl methyl sites for hydroxylation is 2. The summed E-state index contributed by atoms with van der Waals surface area (Å²) >= 11 is 0. The Kier molecular flexibility index (Phi) is 5.40. The van der Waals surface area contributed by atoms with Crippen LogP contribution in [0.1, 0.15) is 35.1 Å². The third-order valence-electron chi connectivity index (χ3n) is 7.53. The van der Waals surface area contributed by atoms with E-state index in [1.54, 1.807) is 0 Å². The van der Waals surface area contributed by atoms with Gasteiger partial charge in [-0.2, -0.15) is 0 Å². The number of rotatable bonds is 4. The highest BCUT2D eigenvalue weighted by Gasteiger charge is 2.59. The van der Waals surface area contributed by atoms with Gasteiger partial charge in [-0.15, -0.1) is 0 Å². The minimum Gasteiger partial charge on any atom is -0.402 e. The number of fused-ring (bicyclic) bond motifs is 1. The maximum absolute atomic E-state index is 7.32. The molecule has 0 radical (unpaired) electrons. The van der Waals surface area contributed by atoms with Gasteiger partial charge in [0.05, 0.1) is 0 Å². The summed E-state index contributed by atoms with van der Waals surface area (Å²) in [6.07, 6.45) is 2.32. The molecule has 0 aliphatic carbocycles. The molecule has 0 spiro atoms. The first-order valence-corrected chi connectivity index (χ1v) is 12.4. The monoisotopic (exact) mass is 443 g/mol. The van der Waals surface area contributed by atoms with Crippen molar-refractivity contribution in [3.8, 4) is 11.1 Å². The number of hydrogen-bond acceptors (Lipinski definition) is 2. The van der Waals surface area contributed by atoms with Crippen LogP contribution < -0.4 is 5.46 Å². The van der Waals surface area contributed by atoms with Crippen LogP contribution in [0.5, 0.6) is 0 Å². The van der Waals surface area contributed by atoms with Gasteiger partial charge in [0.25, 0.3) is 0 Å². The Balaban J connectivity index is 1.53. The summed E-state index contributed by atoms with van der Waals surface area (Å²) in [5.41, 5.74) is 8.37. The zero-order chi connectivity index (χ0) is 23.1. The minimum atomic E-state index is -0.487. The lowest BCUT2D eigenvalue weighted by Crippen LogP contribution is -2.46. The number of hydrogen-bond donors (Lipinski definition) is 0. The smallest absolute Gasteiger partial charge is 0.402 e. The molecule has 3 heteroatoms. The standard InChI is InChI=1S/C31H30BNO/c1-23-20-24(2)22-25(21-23)28-16-9-10-17-29(28)32-33-19-11-18-30(33)31(34-32,26-12-5-3-6-13-26)27-14-7-4-8-15-27/h3-10,12-17,20-22,30H,11,18-19H2,1-2H3/t30-/m0/s1. The summed E-state index contributed by atoms with van der Waals surface area (Å²) in [6, 6.07) is 37.6. The van der Waals surface area contributed by atoms with Crippen molar-refractivity contribution in [3.05, 3.63) is 125 Å². The van der Waals surface area contributed by atoms with E-state index in [4.69, 9.17) is 4.65 Å². The predicted octanol–water partition coefficient (Wildman–Crippen LogP) is 6.10. The van der Waals surface area contributed by atoms with Crippen LogP contribution in [-0.4, -0.2) is 24.4 Å². The van der Waals surface area contributed by atoms with Gasteiger partial charge in [-0.3, -0.25) is 0 Å². The Morgan fingerprint density at radius 3 is 2.00 bits per heavy atom. The molecule has 4 aromatic carbocycles. The van der Waals surface area contributed by atoms with E-state index < -0.39 is 5.60 Å². The second kappa shape index (κ2) is 8.58. The van der Waals surface area contributed by atoms with E-state index in [0.29, 0.717) is 6.04 Å². The molecular weight excluding hydrogens is 413 g/mol. The van der Waals surface area contributed by atoms with Crippen molar-refractivity contribution in [2.75, 3.05) is 6.54 Å². The number of benzene rings is 4. The van der Waals surface area contributed by atoms with Crippen LogP contribution in [0, 0.1) is 13.8 Å². The first-order valence-electron chi connectivity index (χ1n) is 12.4. The molecule has 0 unspecified atom stereocenters. The highest BCUT2D eigenvalue weighted by molar-refractivity contribution is 6.67. The molecule has 2 aliphatic heterocycles. The van der Waals surface area contributed by atoms with E-state index in [1.807, 2.05) is 0 Å². The summed E-state index contributed by atoms with van der Waals surface area (Å²) in [7, 11) is -0.0927. The first-order chi connectivity index (χ1) is 16.7. The average molecular weight is 443 g/mol. The van der Waals surface area contributed by atoms with Gasteiger partial charge < -0.3 is 9.47 Å². The molecule has 6 rings (SSSR count). The molecule has 34 heavy (non-hydrogen) atoms. The lowest BCUT2D eigenvalue weighted by Gasteiger charge is -2.36. The molecule has 2 heterocycles. The molecule has 0 N–H and O–H groups in total. The lowest BCUT2D eigenvalue weighted by molar-refractivity contribution is 0.106. The molecule has 2 fully saturated rings. The van der Waals surface area contributed by atoms with Gasteiger partial charge in [0.2, 0.25) is 0 Å². The maximum atomic E-state index is 7.32. The highest BCUT2D eigenvalue weighted by atomic mass is 16.5. The van der Waals surface area contributed by atoms with E-state index in [0.717, 1.165) is 13.0 Å². The zero-order valence-electron chi connectivity index (χ0n) is 19.9. The largest absolute Gasteiger partial charge is 0.420 e. The Hall–Kier alpha value is -3.14. The molecule has 2 nitrogen and oxygen atoms in total. The summed E-state index contributed by atoms with van der Waals surface area (Å²) in [4.78, 5) is 2.61. The normalized spacial score (nSPS) is 19.4. The van der Waals surface area contributed by atoms with Crippen LogP contribution in [0.25, 0.3) is 11.1 Å². The van der Waals surface area contributed by atoms with Gasteiger partial charge in [0.15, 0.2) is 0 Å².